The molecule has 90 valence electrons. The summed E-state index contributed by atoms with van der Waals surface area (Å²) in [7, 11) is 0. The second-order valence-corrected chi connectivity index (χ2v) is 5.04. The van der Waals surface area contributed by atoms with E-state index in [4.69, 9.17) is 9.84 Å². The fourth-order valence-corrected chi connectivity index (χ4v) is 2.24. The topological polar surface area (TPSA) is 41.5 Å². The summed E-state index contributed by atoms with van der Waals surface area (Å²) in [4.78, 5) is 0. The first-order valence-electron chi connectivity index (χ1n) is 6.05. The number of rotatable bonds is 4. The minimum atomic E-state index is 0.252. The number of aliphatic hydroxyl groups is 1. The summed E-state index contributed by atoms with van der Waals surface area (Å²) in [5.74, 6) is 0.318. The summed E-state index contributed by atoms with van der Waals surface area (Å²) in [5.41, 5.74) is 0. The number of aliphatic hydroxyl groups excluding tert-OH is 1. The van der Waals surface area contributed by atoms with Crippen LogP contribution in [-0.4, -0.2) is 36.0 Å². The predicted molar refractivity (Wildman–Crippen MR) is 61.9 cm³/mol. The molecular formula is C12H25NO2. The highest BCUT2D eigenvalue weighted by atomic mass is 16.5. The number of hydrogen-bond donors (Lipinski definition) is 2. The maximum absolute atomic E-state index is 9.07. The van der Waals surface area contributed by atoms with E-state index in [1.54, 1.807) is 0 Å². The lowest BCUT2D eigenvalue weighted by Crippen LogP contribution is -2.47. The first-order valence-corrected chi connectivity index (χ1v) is 6.05. The number of nitrogens with one attached hydrogen (secondary N) is 1. The fourth-order valence-electron chi connectivity index (χ4n) is 2.24. The zero-order valence-corrected chi connectivity index (χ0v) is 10.4. The largest absolute Gasteiger partial charge is 0.396 e. The van der Waals surface area contributed by atoms with Crippen LogP contribution in [-0.2, 0) is 4.74 Å². The smallest absolute Gasteiger partial charge is 0.0565 e. The summed E-state index contributed by atoms with van der Waals surface area (Å²) in [6.45, 7) is 8.73. The molecule has 3 nitrogen and oxygen atoms in total. The van der Waals surface area contributed by atoms with Gasteiger partial charge in [0.25, 0.3) is 0 Å². The van der Waals surface area contributed by atoms with Crippen molar-refractivity contribution in [2.75, 3.05) is 6.61 Å². The second kappa shape index (κ2) is 5.83. The van der Waals surface area contributed by atoms with Crippen molar-refractivity contribution in [2.24, 2.45) is 5.92 Å². The third-order valence-corrected chi connectivity index (χ3v) is 3.34. The summed E-state index contributed by atoms with van der Waals surface area (Å²) < 4.78 is 5.70. The Morgan fingerprint density at radius 3 is 2.27 bits per heavy atom. The van der Waals surface area contributed by atoms with Crippen molar-refractivity contribution in [3.63, 3.8) is 0 Å². The van der Waals surface area contributed by atoms with Crippen LogP contribution in [0.15, 0.2) is 0 Å². The Morgan fingerprint density at radius 2 is 1.80 bits per heavy atom. The highest BCUT2D eigenvalue weighted by molar-refractivity contribution is 4.82. The molecule has 2 N–H and O–H groups in total. The van der Waals surface area contributed by atoms with Gasteiger partial charge >= 0.3 is 0 Å². The first-order chi connectivity index (χ1) is 7.02. The third kappa shape index (κ3) is 4.09. The minimum absolute atomic E-state index is 0.252. The molecule has 0 spiro atoms. The van der Waals surface area contributed by atoms with Crippen LogP contribution in [0, 0.1) is 5.92 Å². The van der Waals surface area contributed by atoms with Crippen molar-refractivity contribution in [3.05, 3.63) is 0 Å². The van der Waals surface area contributed by atoms with Crippen molar-refractivity contribution >= 4 is 0 Å². The highest BCUT2D eigenvalue weighted by Crippen LogP contribution is 2.20. The van der Waals surface area contributed by atoms with Gasteiger partial charge in [-0.15, -0.1) is 0 Å². The second-order valence-electron chi connectivity index (χ2n) is 5.04. The maximum atomic E-state index is 9.07. The third-order valence-electron chi connectivity index (χ3n) is 3.34. The van der Waals surface area contributed by atoms with Crippen molar-refractivity contribution in [1.82, 2.24) is 5.32 Å². The Hall–Kier alpha value is -0.120. The molecule has 1 rings (SSSR count). The zero-order chi connectivity index (χ0) is 11.4. The lowest BCUT2D eigenvalue weighted by molar-refractivity contribution is -0.0444. The van der Waals surface area contributed by atoms with E-state index in [9.17, 15) is 0 Å². The van der Waals surface area contributed by atoms with Crippen molar-refractivity contribution in [1.29, 1.82) is 0 Å². The first kappa shape index (κ1) is 12.9. The van der Waals surface area contributed by atoms with Crippen molar-refractivity contribution < 1.29 is 9.84 Å². The molecule has 1 saturated heterocycles. The molecule has 0 aromatic rings. The molecule has 0 aromatic heterocycles. The Balaban J connectivity index is 2.37. The van der Waals surface area contributed by atoms with E-state index >= 15 is 0 Å². The molecule has 4 unspecified atom stereocenters. The van der Waals surface area contributed by atoms with Gasteiger partial charge in [0, 0.05) is 18.7 Å². The Labute approximate surface area is 93.2 Å². The van der Waals surface area contributed by atoms with Crippen LogP contribution in [0.3, 0.4) is 0 Å². The quantitative estimate of drug-likeness (QED) is 0.747. The molecule has 1 fully saturated rings. The number of hydrogen-bond acceptors (Lipinski definition) is 3. The van der Waals surface area contributed by atoms with E-state index in [1.807, 2.05) is 0 Å². The van der Waals surface area contributed by atoms with E-state index < -0.39 is 0 Å². The Morgan fingerprint density at radius 1 is 1.27 bits per heavy atom. The van der Waals surface area contributed by atoms with Gasteiger partial charge in [0.15, 0.2) is 0 Å². The molecule has 15 heavy (non-hydrogen) atoms. The molecule has 0 amide bonds. The van der Waals surface area contributed by atoms with E-state index in [1.165, 1.54) is 0 Å². The van der Waals surface area contributed by atoms with Crippen molar-refractivity contribution in [3.8, 4) is 0 Å². The van der Waals surface area contributed by atoms with Gasteiger partial charge in [0.2, 0.25) is 0 Å². The fraction of sp³-hybridized carbons (Fsp3) is 1.00. The Kier molecular flexibility index (Phi) is 5.03. The molecule has 0 saturated carbocycles. The molecule has 1 aliphatic rings. The normalized spacial score (nSPS) is 36.2. The van der Waals surface area contributed by atoms with Gasteiger partial charge < -0.3 is 15.2 Å². The van der Waals surface area contributed by atoms with Gasteiger partial charge in [-0.3, -0.25) is 0 Å². The summed E-state index contributed by atoms with van der Waals surface area (Å²) in [6, 6.07) is 0.908. The lowest BCUT2D eigenvalue weighted by atomic mass is 9.96. The van der Waals surface area contributed by atoms with E-state index in [0.717, 1.165) is 12.8 Å². The van der Waals surface area contributed by atoms with Crippen LogP contribution in [0.2, 0.25) is 0 Å². The van der Waals surface area contributed by atoms with Crippen LogP contribution in [0.25, 0.3) is 0 Å². The van der Waals surface area contributed by atoms with Gasteiger partial charge in [-0.1, -0.05) is 6.92 Å². The average molecular weight is 215 g/mol. The van der Waals surface area contributed by atoms with Gasteiger partial charge in [-0.25, -0.2) is 0 Å². The minimum Gasteiger partial charge on any atom is -0.396 e. The van der Waals surface area contributed by atoms with Gasteiger partial charge in [0.1, 0.15) is 0 Å². The van der Waals surface area contributed by atoms with Crippen LogP contribution in [0.1, 0.15) is 40.5 Å². The molecule has 3 heteroatoms. The van der Waals surface area contributed by atoms with Gasteiger partial charge in [0.05, 0.1) is 12.2 Å². The summed E-state index contributed by atoms with van der Waals surface area (Å²) >= 11 is 0. The highest BCUT2D eigenvalue weighted by Gasteiger charge is 2.26. The van der Waals surface area contributed by atoms with Crippen LogP contribution in [0.4, 0.5) is 0 Å². The maximum Gasteiger partial charge on any atom is 0.0565 e. The van der Waals surface area contributed by atoms with Crippen molar-refractivity contribution in [2.45, 2.75) is 64.8 Å². The number of ether oxygens (including phenoxy) is 1. The predicted octanol–water partition coefficient (Wildman–Crippen LogP) is 1.55. The summed E-state index contributed by atoms with van der Waals surface area (Å²) in [5, 5.41) is 12.7. The lowest BCUT2D eigenvalue weighted by Gasteiger charge is -2.35. The molecule has 0 bridgehead atoms. The van der Waals surface area contributed by atoms with E-state index in [0.29, 0.717) is 30.2 Å². The molecule has 1 aliphatic heterocycles. The summed E-state index contributed by atoms with van der Waals surface area (Å²) in [6.07, 6.45) is 2.85. The van der Waals surface area contributed by atoms with Gasteiger partial charge in [-0.2, -0.15) is 0 Å². The molecular weight excluding hydrogens is 190 g/mol. The standard InChI is InChI=1S/C12H25NO2/c1-8(7-14)11(4)13-12-5-9(2)15-10(3)6-12/h8-14H,5-7H2,1-4H3. The van der Waals surface area contributed by atoms with E-state index in [-0.39, 0.29) is 6.61 Å². The van der Waals surface area contributed by atoms with Crippen LogP contribution >= 0.6 is 0 Å². The van der Waals surface area contributed by atoms with Crippen LogP contribution in [0.5, 0.6) is 0 Å². The monoisotopic (exact) mass is 215 g/mol. The van der Waals surface area contributed by atoms with Gasteiger partial charge in [-0.05, 0) is 39.5 Å². The zero-order valence-electron chi connectivity index (χ0n) is 10.4. The molecule has 1 heterocycles. The SMILES string of the molecule is CC1CC(NC(C)C(C)CO)CC(C)O1. The molecule has 0 radical (unpaired) electrons. The molecule has 0 aliphatic carbocycles. The Bertz CT molecular complexity index is 176. The van der Waals surface area contributed by atoms with E-state index in [2.05, 4.69) is 33.0 Å². The molecule has 4 atom stereocenters. The van der Waals surface area contributed by atoms with Crippen LogP contribution < -0.4 is 5.32 Å². The average Bonchev–Trinajstić information content (AvgIpc) is 2.14. The molecule has 0 aromatic carbocycles.